The number of hydrogen-bond donors (Lipinski definition) is 1. The van der Waals surface area contributed by atoms with E-state index in [1.54, 1.807) is 6.07 Å². The molecular weight excluding hydrogens is 265 g/mol. The van der Waals surface area contributed by atoms with Gasteiger partial charge in [-0.3, -0.25) is 4.90 Å². The summed E-state index contributed by atoms with van der Waals surface area (Å²) in [4.78, 5) is 2.45. The molecule has 0 atom stereocenters. The van der Waals surface area contributed by atoms with Crippen LogP contribution < -0.4 is 5.32 Å². The smallest absolute Gasteiger partial charge is 0.141 e. The van der Waals surface area contributed by atoms with Gasteiger partial charge in [0.25, 0.3) is 0 Å². The lowest BCUT2D eigenvalue weighted by molar-refractivity contribution is 0.0551. The molecular formula is C17H22FN3. The minimum absolute atomic E-state index is 0.132. The summed E-state index contributed by atoms with van der Waals surface area (Å²) in [7, 11) is 0. The van der Waals surface area contributed by atoms with Gasteiger partial charge in [0.05, 0.1) is 5.56 Å². The summed E-state index contributed by atoms with van der Waals surface area (Å²) in [5, 5.41) is 12.2. The Bertz CT molecular complexity index is 538. The summed E-state index contributed by atoms with van der Waals surface area (Å²) in [6, 6.07) is 6.87. The van der Waals surface area contributed by atoms with E-state index in [0.29, 0.717) is 5.41 Å². The lowest BCUT2D eigenvalue weighted by atomic mass is 9.73. The zero-order chi connectivity index (χ0) is 14.7. The molecule has 0 unspecified atom stereocenters. The molecule has 4 heteroatoms. The maximum absolute atomic E-state index is 13.7. The van der Waals surface area contributed by atoms with E-state index < -0.39 is 5.82 Å². The van der Waals surface area contributed by atoms with Gasteiger partial charge in [-0.15, -0.1) is 0 Å². The van der Waals surface area contributed by atoms with Crippen molar-refractivity contribution in [1.29, 1.82) is 5.26 Å². The molecule has 2 aliphatic heterocycles. The number of nitrogens with one attached hydrogen (secondary N) is 1. The second-order valence-electron chi connectivity index (χ2n) is 6.49. The van der Waals surface area contributed by atoms with Gasteiger partial charge in [0.1, 0.15) is 11.9 Å². The summed E-state index contributed by atoms with van der Waals surface area (Å²) in [5.41, 5.74) is 1.57. The predicted molar refractivity (Wildman–Crippen MR) is 80.2 cm³/mol. The molecule has 2 fully saturated rings. The van der Waals surface area contributed by atoms with Crippen LogP contribution in [-0.2, 0) is 6.54 Å². The number of hydrogen-bond acceptors (Lipinski definition) is 3. The van der Waals surface area contributed by atoms with Crippen LogP contribution in [0.2, 0.25) is 0 Å². The van der Waals surface area contributed by atoms with E-state index in [9.17, 15) is 4.39 Å². The van der Waals surface area contributed by atoms with Crippen molar-refractivity contribution in [1.82, 2.24) is 10.2 Å². The summed E-state index contributed by atoms with van der Waals surface area (Å²) in [5.74, 6) is -0.399. The van der Waals surface area contributed by atoms with E-state index in [1.807, 2.05) is 12.1 Å². The SMILES string of the molecule is N#Cc1ccc(CN2CCCC3(CCNCC3)C2)cc1F. The second kappa shape index (κ2) is 6.13. The Morgan fingerprint density at radius 3 is 2.81 bits per heavy atom. The van der Waals surface area contributed by atoms with Crippen LogP contribution in [0.5, 0.6) is 0 Å². The fourth-order valence-corrected chi connectivity index (χ4v) is 3.82. The van der Waals surface area contributed by atoms with Crippen molar-refractivity contribution in [2.24, 2.45) is 5.41 Å². The first-order valence-electron chi connectivity index (χ1n) is 7.82. The van der Waals surface area contributed by atoms with Crippen molar-refractivity contribution in [3.05, 3.63) is 35.1 Å². The molecule has 0 bridgehead atoms. The average molecular weight is 287 g/mol. The van der Waals surface area contributed by atoms with Crippen molar-refractivity contribution in [3.63, 3.8) is 0 Å². The van der Waals surface area contributed by atoms with Crippen molar-refractivity contribution < 1.29 is 4.39 Å². The normalized spacial score (nSPS) is 22.1. The number of halogens is 1. The Morgan fingerprint density at radius 2 is 2.10 bits per heavy atom. The van der Waals surface area contributed by atoms with Crippen LogP contribution >= 0.6 is 0 Å². The highest BCUT2D eigenvalue weighted by Gasteiger charge is 2.36. The van der Waals surface area contributed by atoms with Gasteiger partial charge in [-0.05, 0) is 68.4 Å². The van der Waals surface area contributed by atoms with Crippen molar-refractivity contribution in [3.8, 4) is 6.07 Å². The quantitative estimate of drug-likeness (QED) is 0.909. The molecule has 0 aliphatic carbocycles. The standard InChI is InChI=1S/C17H22FN3/c18-16-10-14(2-3-15(16)11-19)12-21-9-1-4-17(13-21)5-7-20-8-6-17/h2-3,10,20H,1,4-9,12-13H2. The molecule has 112 valence electrons. The second-order valence-corrected chi connectivity index (χ2v) is 6.49. The highest BCUT2D eigenvalue weighted by Crippen LogP contribution is 2.38. The van der Waals surface area contributed by atoms with Gasteiger partial charge in [0.2, 0.25) is 0 Å². The zero-order valence-corrected chi connectivity index (χ0v) is 12.4. The van der Waals surface area contributed by atoms with Crippen molar-refractivity contribution in [2.75, 3.05) is 26.2 Å². The largest absolute Gasteiger partial charge is 0.317 e. The van der Waals surface area contributed by atoms with Crippen LogP contribution in [0.3, 0.4) is 0 Å². The van der Waals surface area contributed by atoms with E-state index in [4.69, 9.17) is 5.26 Å². The topological polar surface area (TPSA) is 39.1 Å². The van der Waals surface area contributed by atoms with Gasteiger partial charge in [-0.25, -0.2) is 4.39 Å². The van der Waals surface area contributed by atoms with Crippen LogP contribution in [0, 0.1) is 22.6 Å². The fourth-order valence-electron chi connectivity index (χ4n) is 3.82. The number of piperidine rings is 2. The molecule has 21 heavy (non-hydrogen) atoms. The monoisotopic (exact) mass is 287 g/mol. The van der Waals surface area contributed by atoms with E-state index in [-0.39, 0.29) is 5.56 Å². The summed E-state index contributed by atoms with van der Waals surface area (Å²) < 4.78 is 13.7. The minimum Gasteiger partial charge on any atom is -0.317 e. The predicted octanol–water partition coefficient (Wildman–Crippen LogP) is 2.66. The maximum atomic E-state index is 13.7. The Kier molecular flexibility index (Phi) is 4.23. The third-order valence-corrected chi connectivity index (χ3v) is 4.96. The summed E-state index contributed by atoms with van der Waals surface area (Å²) in [6.07, 6.45) is 5.07. The summed E-state index contributed by atoms with van der Waals surface area (Å²) >= 11 is 0. The van der Waals surface area contributed by atoms with Crippen molar-refractivity contribution >= 4 is 0 Å². The van der Waals surface area contributed by atoms with E-state index in [0.717, 1.165) is 38.3 Å². The maximum Gasteiger partial charge on any atom is 0.141 e. The lowest BCUT2D eigenvalue weighted by Crippen LogP contribution is -2.48. The number of rotatable bonds is 2. The minimum atomic E-state index is -0.399. The number of likely N-dealkylation sites (tertiary alicyclic amines) is 1. The van der Waals surface area contributed by atoms with Crippen LogP contribution in [0.1, 0.15) is 36.8 Å². The molecule has 0 saturated carbocycles. The third-order valence-electron chi connectivity index (χ3n) is 4.96. The van der Waals surface area contributed by atoms with Crippen LogP contribution in [-0.4, -0.2) is 31.1 Å². The van der Waals surface area contributed by atoms with Crippen LogP contribution in [0.4, 0.5) is 4.39 Å². The van der Waals surface area contributed by atoms with Gasteiger partial charge in [-0.1, -0.05) is 6.07 Å². The molecule has 2 heterocycles. The Labute approximate surface area is 125 Å². The molecule has 1 aromatic rings. The van der Waals surface area contributed by atoms with Gasteiger partial charge in [0, 0.05) is 13.1 Å². The van der Waals surface area contributed by atoms with Gasteiger partial charge < -0.3 is 5.32 Å². The molecule has 3 nitrogen and oxygen atoms in total. The van der Waals surface area contributed by atoms with E-state index in [1.165, 1.54) is 31.7 Å². The first kappa shape index (κ1) is 14.5. The first-order valence-corrected chi connectivity index (χ1v) is 7.82. The summed E-state index contributed by atoms with van der Waals surface area (Å²) in [6.45, 7) is 5.25. The number of nitriles is 1. The van der Waals surface area contributed by atoms with Crippen LogP contribution in [0.15, 0.2) is 18.2 Å². The highest BCUT2D eigenvalue weighted by molar-refractivity contribution is 5.33. The Balaban J connectivity index is 1.67. The molecule has 1 N–H and O–H groups in total. The molecule has 2 saturated heterocycles. The molecule has 3 rings (SSSR count). The zero-order valence-electron chi connectivity index (χ0n) is 12.4. The first-order chi connectivity index (χ1) is 10.2. The highest BCUT2D eigenvalue weighted by atomic mass is 19.1. The Morgan fingerprint density at radius 1 is 1.29 bits per heavy atom. The molecule has 1 spiro atoms. The molecule has 0 radical (unpaired) electrons. The lowest BCUT2D eigenvalue weighted by Gasteiger charge is -2.45. The van der Waals surface area contributed by atoms with Crippen LogP contribution in [0.25, 0.3) is 0 Å². The van der Waals surface area contributed by atoms with E-state index >= 15 is 0 Å². The number of nitrogens with zero attached hydrogens (tertiary/aromatic N) is 2. The van der Waals surface area contributed by atoms with Gasteiger partial charge >= 0.3 is 0 Å². The van der Waals surface area contributed by atoms with Gasteiger partial charge in [-0.2, -0.15) is 5.26 Å². The van der Waals surface area contributed by atoms with E-state index in [2.05, 4.69) is 10.2 Å². The fraction of sp³-hybridized carbons (Fsp3) is 0.588. The molecule has 2 aliphatic rings. The molecule has 0 amide bonds. The van der Waals surface area contributed by atoms with Gasteiger partial charge in [0.15, 0.2) is 0 Å². The Hall–Kier alpha value is -1.44. The third kappa shape index (κ3) is 3.25. The molecule has 1 aromatic carbocycles. The average Bonchev–Trinajstić information content (AvgIpc) is 2.48. The molecule has 0 aromatic heterocycles. The van der Waals surface area contributed by atoms with Crippen molar-refractivity contribution in [2.45, 2.75) is 32.2 Å². The number of benzene rings is 1.